The molecule has 1 fully saturated rings. The van der Waals surface area contributed by atoms with E-state index < -0.39 is 0 Å². The van der Waals surface area contributed by atoms with E-state index in [9.17, 15) is 0 Å². The smallest absolute Gasteiger partial charge is 0.0605 e. The number of methoxy groups -OCH3 is 1. The molecule has 3 heteroatoms. The Balaban J connectivity index is 2.03. The molecule has 2 rings (SSSR count). The molecule has 1 N–H and O–H groups in total. The maximum atomic E-state index is 5.42. The van der Waals surface area contributed by atoms with Gasteiger partial charge in [0.15, 0.2) is 0 Å². The van der Waals surface area contributed by atoms with Crippen molar-refractivity contribution in [3.05, 3.63) is 29.3 Å². The lowest BCUT2D eigenvalue weighted by molar-refractivity contribution is 0.0819. The van der Waals surface area contributed by atoms with Crippen molar-refractivity contribution in [2.24, 2.45) is 0 Å². The minimum absolute atomic E-state index is 0.450. The lowest BCUT2D eigenvalue weighted by Crippen LogP contribution is -2.36. The van der Waals surface area contributed by atoms with Crippen LogP contribution < -0.4 is 10.2 Å². The number of hydrogen-bond donors (Lipinski definition) is 1. The lowest BCUT2D eigenvalue weighted by Gasteiger charge is -2.33. The van der Waals surface area contributed by atoms with Crippen molar-refractivity contribution in [3.63, 3.8) is 0 Å². The van der Waals surface area contributed by atoms with Gasteiger partial charge in [0, 0.05) is 32.4 Å². The molecule has 1 heterocycles. The van der Waals surface area contributed by atoms with Gasteiger partial charge in [0.2, 0.25) is 0 Å². The van der Waals surface area contributed by atoms with Gasteiger partial charge in [-0.05, 0) is 50.1 Å². The molecule has 18 heavy (non-hydrogen) atoms. The first kappa shape index (κ1) is 13.4. The van der Waals surface area contributed by atoms with Gasteiger partial charge < -0.3 is 15.0 Å². The highest BCUT2D eigenvalue weighted by atomic mass is 16.5. The van der Waals surface area contributed by atoms with Crippen LogP contribution in [0.4, 0.5) is 5.69 Å². The molecule has 1 saturated heterocycles. The van der Waals surface area contributed by atoms with Crippen LogP contribution in [0.1, 0.15) is 24.0 Å². The number of aryl methyl sites for hydroxylation is 1. The van der Waals surface area contributed by atoms with Gasteiger partial charge in [-0.2, -0.15) is 0 Å². The number of hydrogen-bond acceptors (Lipinski definition) is 3. The molecule has 0 unspecified atom stereocenters. The van der Waals surface area contributed by atoms with Gasteiger partial charge in [-0.15, -0.1) is 0 Å². The van der Waals surface area contributed by atoms with Crippen LogP contribution in [0.5, 0.6) is 0 Å². The number of rotatable bonds is 4. The third-order valence-electron chi connectivity index (χ3n) is 3.83. The average Bonchev–Trinajstić information content (AvgIpc) is 2.41. The molecule has 0 aliphatic carbocycles. The second kappa shape index (κ2) is 6.21. The van der Waals surface area contributed by atoms with E-state index in [1.54, 1.807) is 0 Å². The van der Waals surface area contributed by atoms with Crippen LogP contribution in [0.2, 0.25) is 0 Å². The molecule has 0 bridgehead atoms. The quantitative estimate of drug-likeness (QED) is 0.885. The van der Waals surface area contributed by atoms with Crippen molar-refractivity contribution in [1.29, 1.82) is 0 Å². The number of anilines is 1. The first-order valence-electron chi connectivity index (χ1n) is 6.76. The predicted molar refractivity (Wildman–Crippen MR) is 76.2 cm³/mol. The summed E-state index contributed by atoms with van der Waals surface area (Å²) in [5.41, 5.74) is 4.10. The monoisotopic (exact) mass is 248 g/mol. The van der Waals surface area contributed by atoms with E-state index in [4.69, 9.17) is 4.74 Å². The molecule has 1 aromatic carbocycles. The van der Waals surface area contributed by atoms with Gasteiger partial charge in [0.1, 0.15) is 0 Å². The summed E-state index contributed by atoms with van der Waals surface area (Å²) in [6.45, 7) is 5.34. The van der Waals surface area contributed by atoms with E-state index in [0.29, 0.717) is 6.10 Å². The van der Waals surface area contributed by atoms with Crippen molar-refractivity contribution >= 4 is 5.69 Å². The fourth-order valence-electron chi connectivity index (χ4n) is 2.62. The average molecular weight is 248 g/mol. The molecule has 3 nitrogen and oxygen atoms in total. The SMILES string of the molecule is CNCc1ccc(N2CCC(OC)CC2)cc1C. The maximum absolute atomic E-state index is 5.42. The van der Waals surface area contributed by atoms with Crippen LogP contribution in [0.3, 0.4) is 0 Å². The predicted octanol–water partition coefficient (Wildman–Crippen LogP) is 2.33. The summed E-state index contributed by atoms with van der Waals surface area (Å²) in [4.78, 5) is 2.46. The third-order valence-corrected chi connectivity index (χ3v) is 3.83. The molecule has 0 spiro atoms. The standard InChI is InChI=1S/C15H24N2O/c1-12-10-14(5-4-13(12)11-16-2)17-8-6-15(18-3)7-9-17/h4-5,10,15-16H,6-9,11H2,1-3H3. The number of piperidine rings is 1. The fourth-order valence-corrected chi connectivity index (χ4v) is 2.62. The third kappa shape index (κ3) is 3.03. The summed E-state index contributed by atoms with van der Waals surface area (Å²) < 4.78 is 5.42. The Hall–Kier alpha value is -1.06. The number of nitrogens with one attached hydrogen (secondary N) is 1. The van der Waals surface area contributed by atoms with Crippen LogP contribution in [-0.2, 0) is 11.3 Å². The second-order valence-electron chi connectivity index (χ2n) is 5.06. The van der Waals surface area contributed by atoms with E-state index >= 15 is 0 Å². The van der Waals surface area contributed by atoms with Crippen molar-refractivity contribution in [2.45, 2.75) is 32.4 Å². The Morgan fingerprint density at radius 1 is 1.33 bits per heavy atom. The zero-order valence-electron chi connectivity index (χ0n) is 11.7. The Bertz CT molecular complexity index is 384. The molecule has 0 saturated carbocycles. The molecule has 0 amide bonds. The van der Waals surface area contributed by atoms with Gasteiger partial charge in [-0.1, -0.05) is 6.07 Å². The highest BCUT2D eigenvalue weighted by molar-refractivity contribution is 5.51. The van der Waals surface area contributed by atoms with Crippen LogP contribution in [-0.4, -0.2) is 33.4 Å². The molecule has 0 radical (unpaired) electrons. The van der Waals surface area contributed by atoms with Gasteiger partial charge in [0.25, 0.3) is 0 Å². The van der Waals surface area contributed by atoms with E-state index in [1.807, 2.05) is 14.2 Å². The van der Waals surface area contributed by atoms with Crippen LogP contribution in [0.25, 0.3) is 0 Å². The van der Waals surface area contributed by atoms with Crippen molar-refractivity contribution < 1.29 is 4.74 Å². The van der Waals surface area contributed by atoms with Gasteiger partial charge >= 0.3 is 0 Å². The highest BCUT2D eigenvalue weighted by Gasteiger charge is 2.19. The summed E-state index contributed by atoms with van der Waals surface area (Å²) in [5.74, 6) is 0. The molecular weight excluding hydrogens is 224 g/mol. The summed E-state index contributed by atoms with van der Waals surface area (Å²) in [7, 11) is 3.81. The van der Waals surface area contributed by atoms with E-state index in [-0.39, 0.29) is 0 Å². The Kier molecular flexibility index (Phi) is 4.61. The largest absolute Gasteiger partial charge is 0.381 e. The Morgan fingerprint density at radius 2 is 2.06 bits per heavy atom. The van der Waals surface area contributed by atoms with Crippen LogP contribution in [0.15, 0.2) is 18.2 Å². The zero-order valence-corrected chi connectivity index (χ0v) is 11.7. The topological polar surface area (TPSA) is 24.5 Å². The molecule has 1 aliphatic heterocycles. The number of nitrogens with zero attached hydrogens (tertiary/aromatic N) is 1. The lowest BCUT2D eigenvalue weighted by atomic mass is 10.0. The van der Waals surface area contributed by atoms with Gasteiger partial charge in [-0.3, -0.25) is 0 Å². The number of ether oxygens (including phenoxy) is 1. The molecule has 0 atom stereocenters. The summed E-state index contributed by atoms with van der Waals surface area (Å²) in [6.07, 6.45) is 2.72. The van der Waals surface area contributed by atoms with Crippen LogP contribution in [0, 0.1) is 6.92 Å². The van der Waals surface area contributed by atoms with Crippen molar-refractivity contribution in [1.82, 2.24) is 5.32 Å². The second-order valence-corrected chi connectivity index (χ2v) is 5.06. The summed E-state index contributed by atoms with van der Waals surface area (Å²) in [5, 5.41) is 3.21. The van der Waals surface area contributed by atoms with E-state index in [1.165, 1.54) is 16.8 Å². The number of benzene rings is 1. The normalized spacial score (nSPS) is 17.2. The molecule has 100 valence electrons. The van der Waals surface area contributed by atoms with Crippen molar-refractivity contribution in [3.8, 4) is 0 Å². The van der Waals surface area contributed by atoms with E-state index in [2.05, 4.69) is 35.3 Å². The maximum Gasteiger partial charge on any atom is 0.0605 e. The molecule has 1 aromatic rings. The zero-order chi connectivity index (χ0) is 13.0. The minimum atomic E-state index is 0.450. The van der Waals surface area contributed by atoms with E-state index in [0.717, 1.165) is 32.5 Å². The minimum Gasteiger partial charge on any atom is -0.381 e. The fraction of sp³-hybridized carbons (Fsp3) is 0.600. The van der Waals surface area contributed by atoms with Gasteiger partial charge in [0.05, 0.1) is 6.10 Å². The van der Waals surface area contributed by atoms with Gasteiger partial charge in [-0.25, -0.2) is 0 Å². The Morgan fingerprint density at radius 3 is 2.61 bits per heavy atom. The first-order chi connectivity index (χ1) is 8.74. The summed E-state index contributed by atoms with van der Waals surface area (Å²) >= 11 is 0. The van der Waals surface area contributed by atoms with Crippen molar-refractivity contribution in [2.75, 3.05) is 32.1 Å². The van der Waals surface area contributed by atoms with Crippen LogP contribution >= 0.6 is 0 Å². The molecular formula is C15H24N2O. The molecule has 1 aliphatic rings. The first-order valence-corrected chi connectivity index (χ1v) is 6.76. The molecule has 0 aromatic heterocycles. The Labute approximate surface area is 110 Å². The summed E-state index contributed by atoms with van der Waals surface area (Å²) in [6, 6.07) is 6.79. The highest BCUT2D eigenvalue weighted by Crippen LogP contribution is 2.23.